The topological polar surface area (TPSA) is 29.9 Å². The minimum Gasteiger partial charge on any atom is -0.331 e. The van der Waals surface area contributed by atoms with Crippen LogP contribution in [-0.4, -0.2) is 9.55 Å². The van der Waals surface area contributed by atoms with Crippen LogP contribution in [0.2, 0.25) is 0 Å². The summed E-state index contributed by atoms with van der Waals surface area (Å²) < 4.78 is 2.20. The highest BCUT2D eigenvalue weighted by molar-refractivity contribution is 5.24. The summed E-state index contributed by atoms with van der Waals surface area (Å²) in [5, 5.41) is 3.56. The van der Waals surface area contributed by atoms with Gasteiger partial charge in [-0.05, 0) is 33.3 Å². The molecule has 1 heterocycles. The minimum atomic E-state index is 0.343. The number of benzene rings is 1. The van der Waals surface area contributed by atoms with Crippen molar-refractivity contribution in [2.75, 3.05) is 0 Å². The molecule has 0 fully saturated rings. The van der Waals surface area contributed by atoms with E-state index in [2.05, 4.69) is 66.8 Å². The van der Waals surface area contributed by atoms with Crippen LogP contribution in [0.5, 0.6) is 0 Å². The smallest absolute Gasteiger partial charge is 0.0951 e. The van der Waals surface area contributed by atoms with Crippen LogP contribution in [0.15, 0.2) is 36.8 Å². The van der Waals surface area contributed by atoms with Gasteiger partial charge in [0, 0.05) is 24.8 Å². The van der Waals surface area contributed by atoms with Gasteiger partial charge < -0.3 is 9.88 Å². The number of nitrogens with one attached hydrogen (secondary N) is 1. The quantitative estimate of drug-likeness (QED) is 0.886. The lowest BCUT2D eigenvalue weighted by Gasteiger charge is -2.17. The zero-order valence-electron chi connectivity index (χ0n) is 12.2. The number of rotatable bonds is 5. The zero-order valence-corrected chi connectivity index (χ0v) is 12.2. The molecule has 0 radical (unpaired) electrons. The molecule has 0 aliphatic rings. The Morgan fingerprint density at radius 1 is 1.26 bits per heavy atom. The molecule has 2 aromatic rings. The van der Waals surface area contributed by atoms with E-state index in [0.717, 1.165) is 6.54 Å². The maximum atomic E-state index is 4.23. The molecule has 3 nitrogen and oxygen atoms in total. The van der Waals surface area contributed by atoms with E-state index in [1.807, 2.05) is 12.5 Å². The second kappa shape index (κ2) is 6.02. The Morgan fingerprint density at radius 3 is 2.74 bits per heavy atom. The van der Waals surface area contributed by atoms with E-state index in [1.165, 1.54) is 16.8 Å². The molecular formula is C16H23N3. The molecule has 102 valence electrons. The summed E-state index contributed by atoms with van der Waals surface area (Å²) in [5.74, 6) is 0. The van der Waals surface area contributed by atoms with Crippen LogP contribution in [0, 0.1) is 6.92 Å². The Labute approximate surface area is 115 Å². The van der Waals surface area contributed by atoms with Crippen LogP contribution in [0.1, 0.15) is 49.7 Å². The summed E-state index contributed by atoms with van der Waals surface area (Å²) in [6.45, 7) is 9.52. The van der Waals surface area contributed by atoms with Crippen molar-refractivity contribution in [2.24, 2.45) is 0 Å². The Morgan fingerprint density at radius 2 is 2.05 bits per heavy atom. The first-order chi connectivity index (χ1) is 9.08. The largest absolute Gasteiger partial charge is 0.331 e. The number of nitrogens with zero attached hydrogens (tertiary/aromatic N) is 2. The Hall–Kier alpha value is -1.61. The van der Waals surface area contributed by atoms with Gasteiger partial charge in [0.2, 0.25) is 0 Å². The third-order valence-electron chi connectivity index (χ3n) is 3.43. The number of imidazole rings is 1. The van der Waals surface area contributed by atoms with Crippen molar-refractivity contribution in [1.29, 1.82) is 0 Å². The number of hydrogen-bond acceptors (Lipinski definition) is 2. The van der Waals surface area contributed by atoms with E-state index in [4.69, 9.17) is 0 Å². The van der Waals surface area contributed by atoms with E-state index in [0.29, 0.717) is 12.1 Å². The summed E-state index contributed by atoms with van der Waals surface area (Å²) >= 11 is 0. The number of aryl methyl sites for hydroxylation is 1. The summed E-state index contributed by atoms with van der Waals surface area (Å²) in [6.07, 6.45) is 3.84. The first-order valence-electron chi connectivity index (χ1n) is 6.88. The molecule has 1 aromatic heterocycles. The van der Waals surface area contributed by atoms with E-state index in [9.17, 15) is 0 Å². The van der Waals surface area contributed by atoms with Crippen molar-refractivity contribution in [3.63, 3.8) is 0 Å². The highest BCUT2D eigenvalue weighted by Gasteiger charge is 2.08. The Balaban J connectivity index is 2.00. The fourth-order valence-electron chi connectivity index (χ4n) is 2.25. The zero-order chi connectivity index (χ0) is 13.8. The fourth-order valence-corrected chi connectivity index (χ4v) is 2.25. The van der Waals surface area contributed by atoms with Crippen LogP contribution in [0.3, 0.4) is 0 Å². The normalized spacial score (nSPS) is 12.9. The molecule has 0 saturated heterocycles. The maximum absolute atomic E-state index is 4.23. The van der Waals surface area contributed by atoms with Crippen molar-refractivity contribution in [3.8, 4) is 0 Å². The third kappa shape index (κ3) is 3.44. The summed E-state index contributed by atoms with van der Waals surface area (Å²) in [7, 11) is 0. The molecule has 1 aromatic carbocycles. The summed E-state index contributed by atoms with van der Waals surface area (Å²) in [6, 6.07) is 9.44. The van der Waals surface area contributed by atoms with E-state index < -0.39 is 0 Å². The molecule has 1 N–H and O–H groups in total. The van der Waals surface area contributed by atoms with Gasteiger partial charge in [-0.1, -0.05) is 29.8 Å². The van der Waals surface area contributed by atoms with Gasteiger partial charge in [-0.25, -0.2) is 4.98 Å². The molecular weight excluding hydrogens is 234 g/mol. The van der Waals surface area contributed by atoms with Crippen molar-refractivity contribution in [1.82, 2.24) is 14.9 Å². The van der Waals surface area contributed by atoms with Gasteiger partial charge in [-0.15, -0.1) is 0 Å². The monoisotopic (exact) mass is 257 g/mol. The molecule has 1 atom stereocenters. The van der Waals surface area contributed by atoms with E-state index >= 15 is 0 Å². The van der Waals surface area contributed by atoms with Crippen LogP contribution >= 0.6 is 0 Å². The highest BCUT2D eigenvalue weighted by Crippen LogP contribution is 2.15. The third-order valence-corrected chi connectivity index (χ3v) is 3.43. The van der Waals surface area contributed by atoms with Crippen molar-refractivity contribution >= 4 is 0 Å². The fraction of sp³-hybridized carbons (Fsp3) is 0.438. The molecule has 0 spiro atoms. The van der Waals surface area contributed by atoms with Crippen LogP contribution < -0.4 is 5.32 Å². The predicted molar refractivity (Wildman–Crippen MR) is 79.0 cm³/mol. The second-order valence-electron chi connectivity index (χ2n) is 5.40. The van der Waals surface area contributed by atoms with Gasteiger partial charge in [0.05, 0.1) is 12.0 Å². The summed E-state index contributed by atoms with van der Waals surface area (Å²) in [5.41, 5.74) is 3.86. The van der Waals surface area contributed by atoms with Gasteiger partial charge >= 0.3 is 0 Å². The average molecular weight is 257 g/mol. The predicted octanol–water partition coefficient (Wildman–Crippen LogP) is 3.62. The molecule has 0 bridgehead atoms. The SMILES string of the molecule is Cc1cccc([C@@H](C)NCc2cncn2C(C)C)c1. The van der Waals surface area contributed by atoms with Crippen LogP contribution in [0.25, 0.3) is 0 Å². The maximum Gasteiger partial charge on any atom is 0.0951 e. The average Bonchev–Trinajstić information content (AvgIpc) is 2.84. The molecule has 0 aliphatic carbocycles. The van der Waals surface area contributed by atoms with Crippen molar-refractivity contribution < 1.29 is 0 Å². The van der Waals surface area contributed by atoms with Gasteiger partial charge in [-0.3, -0.25) is 0 Å². The first kappa shape index (κ1) is 13.8. The molecule has 19 heavy (non-hydrogen) atoms. The van der Waals surface area contributed by atoms with Crippen LogP contribution in [0.4, 0.5) is 0 Å². The van der Waals surface area contributed by atoms with Gasteiger partial charge in [-0.2, -0.15) is 0 Å². The van der Waals surface area contributed by atoms with Crippen LogP contribution in [-0.2, 0) is 6.54 Å². The molecule has 0 amide bonds. The summed E-state index contributed by atoms with van der Waals surface area (Å²) in [4.78, 5) is 4.23. The lowest BCUT2D eigenvalue weighted by Crippen LogP contribution is -2.20. The first-order valence-corrected chi connectivity index (χ1v) is 6.88. The molecule has 0 aliphatic heterocycles. The minimum absolute atomic E-state index is 0.343. The molecule has 2 rings (SSSR count). The molecule has 0 saturated carbocycles. The standard InChI is InChI=1S/C16H23N3/c1-12(2)19-11-17-9-16(19)10-18-14(4)15-7-5-6-13(3)8-15/h5-9,11-12,14,18H,10H2,1-4H3/t14-/m1/s1. The van der Waals surface area contributed by atoms with Crippen molar-refractivity contribution in [2.45, 2.75) is 46.3 Å². The number of hydrogen-bond donors (Lipinski definition) is 1. The van der Waals surface area contributed by atoms with Gasteiger partial charge in [0.15, 0.2) is 0 Å². The molecule has 3 heteroatoms. The molecule has 0 unspecified atom stereocenters. The lowest BCUT2D eigenvalue weighted by molar-refractivity contribution is 0.518. The second-order valence-corrected chi connectivity index (χ2v) is 5.40. The van der Waals surface area contributed by atoms with Crippen molar-refractivity contribution in [3.05, 3.63) is 53.6 Å². The van der Waals surface area contributed by atoms with E-state index in [-0.39, 0.29) is 0 Å². The Bertz CT molecular complexity index is 528. The lowest BCUT2D eigenvalue weighted by atomic mass is 10.1. The number of aromatic nitrogens is 2. The van der Waals surface area contributed by atoms with Gasteiger partial charge in [0.25, 0.3) is 0 Å². The van der Waals surface area contributed by atoms with Gasteiger partial charge in [0.1, 0.15) is 0 Å². The van der Waals surface area contributed by atoms with E-state index in [1.54, 1.807) is 0 Å². The highest BCUT2D eigenvalue weighted by atomic mass is 15.1. The Kier molecular flexibility index (Phi) is 4.38.